The van der Waals surface area contributed by atoms with E-state index in [0.29, 0.717) is 53.8 Å². The maximum absolute atomic E-state index is 13.7. The van der Waals surface area contributed by atoms with Gasteiger partial charge in [-0.05, 0) is 44.2 Å². The van der Waals surface area contributed by atoms with Gasteiger partial charge in [0.1, 0.15) is 5.82 Å². The summed E-state index contributed by atoms with van der Waals surface area (Å²) in [6.45, 7) is 1.71. The predicted molar refractivity (Wildman–Crippen MR) is 98.5 cm³/mol. The number of aromatic nitrogens is 2. The van der Waals surface area contributed by atoms with Gasteiger partial charge in [-0.3, -0.25) is 4.79 Å². The third kappa shape index (κ3) is 3.88. The van der Waals surface area contributed by atoms with Gasteiger partial charge in [0.2, 0.25) is 17.6 Å². The van der Waals surface area contributed by atoms with Crippen molar-refractivity contribution in [2.24, 2.45) is 0 Å². The van der Waals surface area contributed by atoms with Gasteiger partial charge in [0.25, 0.3) is 0 Å². The first-order chi connectivity index (χ1) is 13.0. The molecule has 1 N–H and O–H groups in total. The Labute approximate surface area is 158 Å². The highest BCUT2D eigenvalue weighted by Crippen LogP contribution is 2.29. The van der Waals surface area contributed by atoms with Crippen LogP contribution in [0.15, 0.2) is 22.7 Å². The molecule has 6 nitrogen and oxygen atoms in total. The molecular formula is C20H25FN4O2. The van der Waals surface area contributed by atoms with Gasteiger partial charge in [-0.2, -0.15) is 4.98 Å². The highest BCUT2D eigenvalue weighted by molar-refractivity contribution is 5.76. The summed E-state index contributed by atoms with van der Waals surface area (Å²) in [5, 5.41) is 7.51. The zero-order valence-electron chi connectivity index (χ0n) is 15.7. The molecule has 2 atom stereocenters. The highest BCUT2D eigenvalue weighted by Gasteiger charge is 2.36. The Bertz CT molecular complexity index is 825. The number of carbonyl (C=O) groups is 1. The topological polar surface area (TPSA) is 71.3 Å². The zero-order chi connectivity index (χ0) is 19.0. The molecule has 144 valence electrons. The lowest BCUT2D eigenvalue weighted by atomic mass is 9.98. The average Bonchev–Trinajstić information content (AvgIpc) is 3.27. The number of carbonyl (C=O) groups excluding carboxylic acids is 1. The summed E-state index contributed by atoms with van der Waals surface area (Å²) in [4.78, 5) is 18.8. The minimum atomic E-state index is -0.299. The molecule has 2 aliphatic rings. The van der Waals surface area contributed by atoms with Gasteiger partial charge >= 0.3 is 0 Å². The fourth-order valence-electron chi connectivity index (χ4n) is 4.14. The van der Waals surface area contributed by atoms with E-state index < -0.39 is 0 Å². The number of rotatable bonds is 5. The van der Waals surface area contributed by atoms with Gasteiger partial charge in [-0.15, -0.1) is 0 Å². The molecule has 1 amide bonds. The molecule has 1 aromatic carbocycles. The van der Waals surface area contributed by atoms with Crippen molar-refractivity contribution in [1.82, 2.24) is 20.4 Å². The summed E-state index contributed by atoms with van der Waals surface area (Å²) in [6, 6.07) is 6.26. The lowest BCUT2D eigenvalue weighted by Crippen LogP contribution is -2.48. The molecule has 2 bridgehead atoms. The van der Waals surface area contributed by atoms with E-state index in [2.05, 4.69) is 15.5 Å². The molecule has 2 aliphatic heterocycles. The molecule has 2 aromatic rings. The monoisotopic (exact) mass is 372 g/mol. The minimum absolute atomic E-state index is 0.0995. The van der Waals surface area contributed by atoms with Crippen LogP contribution in [0.1, 0.15) is 43.6 Å². The molecule has 1 aromatic heterocycles. The van der Waals surface area contributed by atoms with Crippen LogP contribution in [-0.4, -0.2) is 46.1 Å². The Balaban J connectivity index is 1.34. The van der Waals surface area contributed by atoms with Crippen molar-refractivity contribution >= 4 is 5.91 Å². The standard InChI is InChI=1S/C20H25FN4O2/c1-12-3-4-13(9-17(12)21)20-23-18(27-24-20)7-8-19(26)25(2)16-10-14-5-6-15(11-16)22-14/h3-4,9,14-16,22H,5-8,10-11H2,1-2H3. The zero-order valence-corrected chi connectivity index (χ0v) is 15.7. The molecule has 3 heterocycles. The van der Waals surface area contributed by atoms with E-state index in [1.807, 2.05) is 11.9 Å². The Morgan fingerprint density at radius 2 is 2.07 bits per heavy atom. The quantitative estimate of drug-likeness (QED) is 0.874. The summed E-state index contributed by atoms with van der Waals surface area (Å²) in [5.41, 5.74) is 1.14. The van der Waals surface area contributed by atoms with Gasteiger partial charge in [-0.1, -0.05) is 17.3 Å². The van der Waals surface area contributed by atoms with Crippen LogP contribution in [0.2, 0.25) is 0 Å². The second-order valence-corrected chi connectivity index (χ2v) is 7.74. The molecule has 0 aliphatic carbocycles. The van der Waals surface area contributed by atoms with Gasteiger partial charge in [0, 0.05) is 43.6 Å². The first-order valence-electron chi connectivity index (χ1n) is 9.60. The number of nitrogens with zero attached hydrogens (tertiary/aromatic N) is 3. The number of amides is 1. The van der Waals surface area contributed by atoms with Crippen LogP contribution in [0.3, 0.4) is 0 Å². The molecule has 2 fully saturated rings. The number of halogens is 1. The lowest BCUT2D eigenvalue weighted by Gasteiger charge is -2.35. The van der Waals surface area contributed by atoms with Gasteiger partial charge < -0.3 is 14.7 Å². The molecule has 7 heteroatoms. The number of aryl methyl sites for hydroxylation is 2. The molecule has 4 rings (SSSR count). The molecule has 0 spiro atoms. The smallest absolute Gasteiger partial charge is 0.227 e. The SMILES string of the molecule is Cc1ccc(-c2noc(CCC(=O)N(C)C3CC4CCC(C3)N4)n2)cc1F. The van der Waals surface area contributed by atoms with Crippen molar-refractivity contribution in [3.8, 4) is 11.4 Å². The van der Waals surface area contributed by atoms with Crippen molar-refractivity contribution in [2.45, 2.75) is 63.6 Å². The van der Waals surface area contributed by atoms with E-state index in [1.165, 1.54) is 18.9 Å². The van der Waals surface area contributed by atoms with Gasteiger partial charge in [-0.25, -0.2) is 4.39 Å². The molecular weight excluding hydrogens is 347 g/mol. The van der Waals surface area contributed by atoms with Crippen molar-refractivity contribution in [1.29, 1.82) is 0 Å². The van der Waals surface area contributed by atoms with E-state index in [1.54, 1.807) is 19.1 Å². The minimum Gasteiger partial charge on any atom is -0.343 e. The van der Waals surface area contributed by atoms with E-state index in [0.717, 1.165) is 12.8 Å². The molecule has 2 saturated heterocycles. The average molecular weight is 372 g/mol. The maximum atomic E-state index is 13.7. The summed E-state index contributed by atoms with van der Waals surface area (Å²) in [6.07, 6.45) is 5.22. The molecule has 0 saturated carbocycles. The second-order valence-electron chi connectivity index (χ2n) is 7.74. The molecule has 0 radical (unpaired) electrons. The first-order valence-corrected chi connectivity index (χ1v) is 9.60. The van der Waals surface area contributed by atoms with Gasteiger partial charge in [0.15, 0.2) is 0 Å². The van der Waals surface area contributed by atoms with Crippen molar-refractivity contribution in [3.05, 3.63) is 35.5 Å². The van der Waals surface area contributed by atoms with Crippen LogP contribution in [0.4, 0.5) is 4.39 Å². The number of fused-ring (bicyclic) bond motifs is 2. The van der Waals surface area contributed by atoms with E-state index in [-0.39, 0.29) is 11.7 Å². The normalized spacial score (nSPS) is 24.2. The fraction of sp³-hybridized carbons (Fsp3) is 0.550. The number of nitrogens with one attached hydrogen (secondary N) is 1. The summed E-state index contributed by atoms with van der Waals surface area (Å²) in [7, 11) is 1.89. The third-order valence-corrected chi connectivity index (χ3v) is 5.84. The highest BCUT2D eigenvalue weighted by atomic mass is 19.1. The van der Waals surface area contributed by atoms with Gasteiger partial charge in [0.05, 0.1) is 0 Å². The Morgan fingerprint density at radius 3 is 2.78 bits per heavy atom. The van der Waals surface area contributed by atoms with Crippen molar-refractivity contribution in [3.63, 3.8) is 0 Å². The van der Waals surface area contributed by atoms with Crippen LogP contribution in [0.25, 0.3) is 11.4 Å². The van der Waals surface area contributed by atoms with Crippen LogP contribution in [-0.2, 0) is 11.2 Å². The number of hydrogen-bond acceptors (Lipinski definition) is 5. The van der Waals surface area contributed by atoms with Crippen LogP contribution < -0.4 is 5.32 Å². The number of hydrogen-bond donors (Lipinski definition) is 1. The predicted octanol–water partition coefficient (Wildman–Crippen LogP) is 2.86. The first kappa shape index (κ1) is 18.1. The summed E-state index contributed by atoms with van der Waals surface area (Å²) < 4.78 is 19.0. The van der Waals surface area contributed by atoms with Crippen molar-refractivity contribution < 1.29 is 13.7 Å². The molecule has 27 heavy (non-hydrogen) atoms. The Morgan fingerprint density at radius 1 is 1.33 bits per heavy atom. The summed E-state index contributed by atoms with van der Waals surface area (Å²) in [5.74, 6) is 0.548. The lowest BCUT2D eigenvalue weighted by molar-refractivity contribution is -0.132. The number of piperidine rings is 1. The third-order valence-electron chi connectivity index (χ3n) is 5.84. The fourth-order valence-corrected chi connectivity index (χ4v) is 4.14. The Kier molecular flexibility index (Phi) is 4.95. The summed E-state index contributed by atoms with van der Waals surface area (Å²) >= 11 is 0. The Hall–Kier alpha value is -2.28. The van der Waals surface area contributed by atoms with Crippen LogP contribution in [0.5, 0.6) is 0 Å². The van der Waals surface area contributed by atoms with Crippen molar-refractivity contribution in [2.75, 3.05) is 7.05 Å². The maximum Gasteiger partial charge on any atom is 0.227 e. The van der Waals surface area contributed by atoms with Crippen LogP contribution >= 0.6 is 0 Å². The van der Waals surface area contributed by atoms with E-state index >= 15 is 0 Å². The second kappa shape index (κ2) is 7.38. The van der Waals surface area contributed by atoms with E-state index in [4.69, 9.17) is 4.52 Å². The van der Waals surface area contributed by atoms with Crippen LogP contribution in [0, 0.1) is 12.7 Å². The largest absolute Gasteiger partial charge is 0.343 e. The molecule has 2 unspecified atom stereocenters. The van der Waals surface area contributed by atoms with E-state index in [9.17, 15) is 9.18 Å². The number of benzene rings is 1.